The van der Waals surface area contributed by atoms with Gasteiger partial charge in [0.2, 0.25) is 0 Å². The summed E-state index contributed by atoms with van der Waals surface area (Å²) in [4.78, 5) is 2.34. The first-order chi connectivity index (χ1) is 5.11. The average molecular weight is 153 g/mol. The number of rotatable bonds is 1. The molecule has 1 heteroatoms. The van der Waals surface area contributed by atoms with Gasteiger partial charge in [-0.1, -0.05) is 18.6 Å². The first-order valence-corrected chi connectivity index (χ1v) is 4.43. The summed E-state index contributed by atoms with van der Waals surface area (Å²) in [6.07, 6.45) is 4.90. The van der Waals surface area contributed by atoms with E-state index in [2.05, 4.69) is 38.9 Å². The van der Waals surface area contributed by atoms with Crippen LogP contribution in [0, 0.1) is 5.92 Å². The standard InChI is InChI=1S/C10H19N/c1-8-5-6-10(11(3)4)9(2)7-8/h5,9-10H,6-7H2,1-4H3. The topological polar surface area (TPSA) is 3.24 Å². The Morgan fingerprint density at radius 2 is 2.09 bits per heavy atom. The summed E-state index contributed by atoms with van der Waals surface area (Å²) in [6.45, 7) is 4.59. The lowest BCUT2D eigenvalue weighted by atomic mass is 9.86. The molecule has 0 radical (unpaired) electrons. The second-order valence-electron chi connectivity index (χ2n) is 4.00. The maximum absolute atomic E-state index is 2.38. The third-order valence-electron chi connectivity index (χ3n) is 2.67. The van der Waals surface area contributed by atoms with Gasteiger partial charge in [-0.25, -0.2) is 0 Å². The minimum Gasteiger partial charge on any atom is -0.306 e. The summed E-state index contributed by atoms with van der Waals surface area (Å²) in [5, 5.41) is 0. The van der Waals surface area contributed by atoms with E-state index < -0.39 is 0 Å². The van der Waals surface area contributed by atoms with Crippen molar-refractivity contribution in [2.75, 3.05) is 14.1 Å². The average Bonchev–Trinajstić information content (AvgIpc) is 1.85. The molecule has 0 aromatic carbocycles. The van der Waals surface area contributed by atoms with Crippen molar-refractivity contribution in [3.8, 4) is 0 Å². The minimum atomic E-state index is 0.763. The van der Waals surface area contributed by atoms with Crippen molar-refractivity contribution in [2.24, 2.45) is 5.92 Å². The van der Waals surface area contributed by atoms with Gasteiger partial charge in [-0.2, -0.15) is 0 Å². The normalized spacial score (nSPS) is 32.3. The van der Waals surface area contributed by atoms with Crippen LogP contribution in [0.5, 0.6) is 0 Å². The van der Waals surface area contributed by atoms with Crippen LogP contribution in [0.25, 0.3) is 0 Å². The Labute approximate surface area is 70.1 Å². The highest BCUT2D eigenvalue weighted by molar-refractivity contribution is 5.06. The van der Waals surface area contributed by atoms with Crippen LogP contribution in [0.15, 0.2) is 11.6 Å². The van der Waals surface area contributed by atoms with Gasteiger partial charge in [-0.05, 0) is 39.8 Å². The lowest BCUT2D eigenvalue weighted by Gasteiger charge is -2.32. The van der Waals surface area contributed by atoms with Gasteiger partial charge < -0.3 is 4.90 Å². The Balaban J connectivity index is 2.58. The minimum absolute atomic E-state index is 0.763. The lowest BCUT2D eigenvalue weighted by molar-refractivity contribution is 0.212. The first kappa shape index (κ1) is 8.79. The first-order valence-electron chi connectivity index (χ1n) is 4.43. The van der Waals surface area contributed by atoms with Gasteiger partial charge in [0.25, 0.3) is 0 Å². The fraction of sp³-hybridized carbons (Fsp3) is 0.800. The summed E-state index contributed by atoms with van der Waals surface area (Å²) >= 11 is 0. The van der Waals surface area contributed by atoms with Crippen LogP contribution < -0.4 is 0 Å². The highest BCUT2D eigenvalue weighted by Crippen LogP contribution is 2.25. The molecule has 0 aromatic heterocycles. The molecule has 0 saturated carbocycles. The molecule has 1 nitrogen and oxygen atoms in total. The van der Waals surface area contributed by atoms with E-state index >= 15 is 0 Å². The third kappa shape index (κ3) is 2.06. The van der Waals surface area contributed by atoms with Gasteiger partial charge in [0.05, 0.1) is 0 Å². The Morgan fingerprint density at radius 3 is 2.55 bits per heavy atom. The summed E-state index contributed by atoms with van der Waals surface area (Å²) in [5.41, 5.74) is 1.57. The van der Waals surface area contributed by atoms with Crippen molar-refractivity contribution in [1.82, 2.24) is 4.90 Å². The molecule has 2 unspecified atom stereocenters. The maximum Gasteiger partial charge on any atom is 0.0152 e. The van der Waals surface area contributed by atoms with Gasteiger partial charge in [-0.15, -0.1) is 0 Å². The summed E-state index contributed by atoms with van der Waals surface area (Å²) in [5.74, 6) is 0.829. The van der Waals surface area contributed by atoms with E-state index in [1.54, 1.807) is 5.57 Å². The number of hydrogen-bond acceptors (Lipinski definition) is 1. The Morgan fingerprint density at radius 1 is 1.45 bits per heavy atom. The van der Waals surface area contributed by atoms with Gasteiger partial charge in [0.1, 0.15) is 0 Å². The molecule has 0 aliphatic heterocycles. The molecule has 0 heterocycles. The zero-order valence-corrected chi connectivity index (χ0v) is 8.09. The molecular formula is C10H19N. The lowest BCUT2D eigenvalue weighted by Crippen LogP contribution is -2.35. The number of hydrogen-bond donors (Lipinski definition) is 0. The van der Waals surface area contributed by atoms with Crippen LogP contribution in [0.4, 0.5) is 0 Å². The largest absolute Gasteiger partial charge is 0.306 e. The van der Waals surface area contributed by atoms with Crippen molar-refractivity contribution in [3.63, 3.8) is 0 Å². The Bertz CT molecular complexity index is 158. The third-order valence-corrected chi connectivity index (χ3v) is 2.67. The predicted molar refractivity (Wildman–Crippen MR) is 49.6 cm³/mol. The van der Waals surface area contributed by atoms with Crippen LogP contribution in [0.2, 0.25) is 0 Å². The van der Waals surface area contributed by atoms with Gasteiger partial charge in [0, 0.05) is 6.04 Å². The van der Waals surface area contributed by atoms with Gasteiger partial charge in [-0.3, -0.25) is 0 Å². The zero-order valence-electron chi connectivity index (χ0n) is 8.09. The molecule has 0 aromatic rings. The molecule has 0 N–H and O–H groups in total. The van der Waals surface area contributed by atoms with Crippen LogP contribution in [0.3, 0.4) is 0 Å². The van der Waals surface area contributed by atoms with Crippen molar-refractivity contribution in [3.05, 3.63) is 11.6 Å². The molecule has 64 valence electrons. The molecule has 1 aliphatic rings. The molecule has 0 spiro atoms. The molecule has 0 amide bonds. The SMILES string of the molecule is CC1=CCC(N(C)C)C(C)C1. The van der Waals surface area contributed by atoms with E-state index in [4.69, 9.17) is 0 Å². The number of allylic oxidation sites excluding steroid dienone is 1. The van der Waals surface area contributed by atoms with Crippen LogP contribution in [-0.2, 0) is 0 Å². The van der Waals surface area contributed by atoms with Gasteiger partial charge >= 0.3 is 0 Å². The molecule has 11 heavy (non-hydrogen) atoms. The fourth-order valence-electron chi connectivity index (χ4n) is 2.00. The summed E-state index contributed by atoms with van der Waals surface area (Å²) in [6, 6.07) is 0.763. The maximum atomic E-state index is 2.38. The van der Waals surface area contributed by atoms with Crippen molar-refractivity contribution >= 4 is 0 Å². The fourth-order valence-corrected chi connectivity index (χ4v) is 2.00. The summed E-state index contributed by atoms with van der Waals surface area (Å²) in [7, 11) is 4.35. The van der Waals surface area contributed by atoms with E-state index in [0.29, 0.717) is 0 Å². The highest BCUT2D eigenvalue weighted by Gasteiger charge is 2.21. The smallest absolute Gasteiger partial charge is 0.0152 e. The van der Waals surface area contributed by atoms with E-state index in [0.717, 1.165) is 12.0 Å². The highest BCUT2D eigenvalue weighted by atomic mass is 15.1. The molecule has 1 aliphatic carbocycles. The monoisotopic (exact) mass is 153 g/mol. The molecular weight excluding hydrogens is 134 g/mol. The van der Waals surface area contributed by atoms with E-state index in [-0.39, 0.29) is 0 Å². The predicted octanol–water partition coefficient (Wildman–Crippen LogP) is 2.29. The zero-order chi connectivity index (χ0) is 8.43. The van der Waals surface area contributed by atoms with E-state index in [1.807, 2.05) is 0 Å². The second kappa shape index (κ2) is 3.40. The van der Waals surface area contributed by atoms with Crippen LogP contribution in [0.1, 0.15) is 26.7 Å². The number of nitrogens with zero attached hydrogens (tertiary/aromatic N) is 1. The van der Waals surface area contributed by atoms with Crippen LogP contribution >= 0.6 is 0 Å². The quantitative estimate of drug-likeness (QED) is 0.522. The Hall–Kier alpha value is -0.300. The summed E-state index contributed by atoms with van der Waals surface area (Å²) < 4.78 is 0. The van der Waals surface area contributed by atoms with Crippen molar-refractivity contribution in [1.29, 1.82) is 0 Å². The van der Waals surface area contributed by atoms with Gasteiger partial charge in [0.15, 0.2) is 0 Å². The molecule has 0 saturated heterocycles. The van der Waals surface area contributed by atoms with E-state index in [9.17, 15) is 0 Å². The Kier molecular flexibility index (Phi) is 2.72. The van der Waals surface area contributed by atoms with Crippen LogP contribution in [-0.4, -0.2) is 25.0 Å². The molecule has 2 atom stereocenters. The molecule has 0 bridgehead atoms. The van der Waals surface area contributed by atoms with Crippen molar-refractivity contribution in [2.45, 2.75) is 32.7 Å². The molecule has 0 fully saturated rings. The molecule has 1 rings (SSSR count). The second-order valence-corrected chi connectivity index (χ2v) is 4.00. The van der Waals surface area contributed by atoms with Crippen molar-refractivity contribution < 1.29 is 0 Å². The van der Waals surface area contributed by atoms with E-state index in [1.165, 1.54) is 12.8 Å².